The van der Waals surface area contributed by atoms with Gasteiger partial charge in [0, 0.05) is 19.8 Å². The zero-order valence-electron chi connectivity index (χ0n) is 12.7. The second-order valence-corrected chi connectivity index (χ2v) is 5.30. The largest absolute Gasteiger partial charge is 0.337 e. The summed E-state index contributed by atoms with van der Waals surface area (Å²) in [6, 6.07) is 15.8. The summed E-state index contributed by atoms with van der Waals surface area (Å²) in [5, 5.41) is 4.22. The maximum Gasteiger partial charge on any atom is 0.257 e. The van der Waals surface area contributed by atoms with Crippen molar-refractivity contribution in [3.63, 3.8) is 0 Å². The van der Waals surface area contributed by atoms with Crippen molar-refractivity contribution >= 4 is 5.91 Å². The third-order valence-electron chi connectivity index (χ3n) is 3.51. The lowest BCUT2D eigenvalue weighted by Crippen LogP contribution is -2.25. The van der Waals surface area contributed by atoms with Gasteiger partial charge >= 0.3 is 0 Å². The number of nitrogens with zero attached hydrogens (tertiary/aromatic N) is 3. The van der Waals surface area contributed by atoms with Crippen LogP contribution in [0.1, 0.15) is 15.9 Å². The Morgan fingerprint density at radius 3 is 2.70 bits per heavy atom. The van der Waals surface area contributed by atoms with Crippen LogP contribution in [0.4, 0.5) is 4.39 Å². The first-order valence-electron chi connectivity index (χ1n) is 7.23. The monoisotopic (exact) mass is 309 g/mol. The second-order valence-electron chi connectivity index (χ2n) is 5.30. The maximum atomic E-state index is 13.2. The number of aromatic nitrogens is 2. The highest BCUT2D eigenvalue weighted by Crippen LogP contribution is 2.12. The molecule has 1 amide bonds. The van der Waals surface area contributed by atoms with E-state index in [0.717, 1.165) is 11.3 Å². The molecule has 5 heteroatoms. The van der Waals surface area contributed by atoms with Crippen LogP contribution in [0.2, 0.25) is 0 Å². The molecule has 116 valence electrons. The van der Waals surface area contributed by atoms with Crippen LogP contribution in [0.3, 0.4) is 0 Å². The zero-order chi connectivity index (χ0) is 16.2. The van der Waals surface area contributed by atoms with Gasteiger partial charge in [-0.25, -0.2) is 9.07 Å². The van der Waals surface area contributed by atoms with E-state index in [1.165, 1.54) is 18.3 Å². The van der Waals surface area contributed by atoms with Crippen LogP contribution in [0.25, 0.3) is 5.69 Å². The molecular weight excluding hydrogens is 293 g/mol. The van der Waals surface area contributed by atoms with Crippen LogP contribution in [-0.2, 0) is 6.54 Å². The SMILES string of the molecule is CN(Cc1cccc(F)c1)C(=O)c1cnn(-c2ccccc2)c1. The molecule has 0 aliphatic carbocycles. The minimum Gasteiger partial charge on any atom is -0.337 e. The first-order valence-corrected chi connectivity index (χ1v) is 7.23. The van der Waals surface area contributed by atoms with E-state index in [-0.39, 0.29) is 11.7 Å². The van der Waals surface area contributed by atoms with Gasteiger partial charge in [-0.15, -0.1) is 0 Å². The van der Waals surface area contributed by atoms with Crippen molar-refractivity contribution in [3.8, 4) is 5.69 Å². The summed E-state index contributed by atoms with van der Waals surface area (Å²) in [5.74, 6) is -0.461. The smallest absolute Gasteiger partial charge is 0.257 e. The summed E-state index contributed by atoms with van der Waals surface area (Å²) in [5.41, 5.74) is 2.13. The predicted molar refractivity (Wildman–Crippen MR) is 85.8 cm³/mol. The number of carbonyl (C=O) groups excluding carboxylic acids is 1. The van der Waals surface area contributed by atoms with Crippen molar-refractivity contribution in [1.82, 2.24) is 14.7 Å². The molecule has 3 rings (SSSR count). The molecule has 1 heterocycles. The van der Waals surface area contributed by atoms with Gasteiger partial charge in [-0.05, 0) is 29.8 Å². The van der Waals surface area contributed by atoms with E-state index in [1.54, 1.807) is 35.0 Å². The molecule has 1 aromatic heterocycles. The van der Waals surface area contributed by atoms with Gasteiger partial charge in [-0.2, -0.15) is 5.10 Å². The summed E-state index contributed by atoms with van der Waals surface area (Å²) in [7, 11) is 1.69. The third-order valence-corrected chi connectivity index (χ3v) is 3.51. The topological polar surface area (TPSA) is 38.1 Å². The van der Waals surface area contributed by atoms with Crippen LogP contribution in [0.15, 0.2) is 67.0 Å². The number of carbonyl (C=O) groups is 1. The number of rotatable bonds is 4. The molecule has 0 radical (unpaired) electrons. The molecule has 0 fully saturated rings. The van der Waals surface area contributed by atoms with Gasteiger partial charge in [-0.3, -0.25) is 4.79 Å². The molecule has 0 atom stereocenters. The molecule has 0 aliphatic rings. The predicted octanol–water partition coefficient (Wildman–Crippen LogP) is 3.28. The van der Waals surface area contributed by atoms with Crippen LogP contribution in [0, 0.1) is 5.82 Å². The maximum absolute atomic E-state index is 13.2. The van der Waals surface area contributed by atoms with Gasteiger partial charge in [0.05, 0.1) is 17.4 Å². The fraction of sp³-hybridized carbons (Fsp3) is 0.111. The van der Waals surface area contributed by atoms with E-state index < -0.39 is 0 Å². The Labute approximate surface area is 133 Å². The number of amides is 1. The number of para-hydroxylation sites is 1. The number of halogens is 1. The first kappa shape index (κ1) is 15.0. The van der Waals surface area contributed by atoms with Gasteiger partial charge in [0.2, 0.25) is 0 Å². The second kappa shape index (κ2) is 6.44. The minimum atomic E-state index is -0.305. The van der Waals surface area contributed by atoms with E-state index in [2.05, 4.69) is 5.10 Å². The summed E-state index contributed by atoms with van der Waals surface area (Å²) >= 11 is 0. The molecule has 0 unspecified atom stereocenters. The average molecular weight is 309 g/mol. The highest BCUT2D eigenvalue weighted by Gasteiger charge is 2.14. The van der Waals surface area contributed by atoms with Crippen molar-refractivity contribution < 1.29 is 9.18 Å². The highest BCUT2D eigenvalue weighted by atomic mass is 19.1. The lowest BCUT2D eigenvalue weighted by molar-refractivity contribution is 0.0785. The molecule has 0 bridgehead atoms. The van der Waals surface area contributed by atoms with Gasteiger partial charge in [0.25, 0.3) is 5.91 Å². The molecule has 0 saturated carbocycles. The van der Waals surface area contributed by atoms with Gasteiger partial charge in [0.1, 0.15) is 5.82 Å². The van der Waals surface area contributed by atoms with Crippen LogP contribution >= 0.6 is 0 Å². The van der Waals surface area contributed by atoms with E-state index in [0.29, 0.717) is 12.1 Å². The molecule has 23 heavy (non-hydrogen) atoms. The van der Waals surface area contributed by atoms with Gasteiger partial charge < -0.3 is 4.90 Å². The third kappa shape index (κ3) is 3.45. The van der Waals surface area contributed by atoms with E-state index in [4.69, 9.17) is 0 Å². The van der Waals surface area contributed by atoms with Crippen molar-refractivity contribution in [3.05, 3.63) is 83.9 Å². The van der Waals surface area contributed by atoms with Crippen LogP contribution < -0.4 is 0 Å². The van der Waals surface area contributed by atoms with Gasteiger partial charge in [0.15, 0.2) is 0 Å². The summed E-state index contributed by atoms with van der Waals surface area (Å²) in [4.78, 5) is 14.0. The minimum absolute atomic E-state index is 0.156. The molecule has 0 aliphatic heterocycles. The Balaban J connectivity index is 1.74. The average Bonchev–Trinajstić information content (AvgIpc) is 3.05. The zero-order valence-corrected chi connectivity index (χ0v) is 12.7. The Hall–Kier alpha value is -2.95. The van der Waals surface area contributed by atoms with E-state index in [1.807, 2.05) is 30.3 Å². The van der Waals surface area contributed by atoms with Crippen molar-refractivity contribution in [2.45, 2.75) is 6.54 Å². The normalized spacial score (nSPS) is 10.5. The summed E-state index contributed by atoms with van der Waals surface area (Å²) < 4.78 is 14.9. The summed E-state index contributed by atoms with van der Waals surface area (Å²) in [6.07, 6.45) is 3.23. The fourth-order valence-corrected chi connectivity index (χ4v) is 2.36. The first-order chi connectivity index (χ1) is 11.1. The summed E-state index contributed by atoms with van der Waals surface area (Å²) in [6.45, 7) is 0.340. The molecular formula is C18H16FN3O. The Kier molecular flexibility index (Phi) is 4.19. The molecule has 3 aromatic rings. The molecule has 0 N–H and O–H groups in total. The van der Waals surface area contributed by atoms with Gasteiger partial charge in [-0.1, -0.05) is 30.3 Å². The fourth-order valence-electron chi connectivity index (χ4n) is 2.36. The lowest BCUT2D eigenvalue weighted by atomic mass is 10.2. The Bertz CT molecular complexity index is 814. The molecule has 0 spiro atoms. The highest BCUT2D eigenvalue weighted by molar-refractivity contribution is 5.93. The standard InChI is InChI=1S/C18H16FN3O/c1-21(12-14-6-5-7-16(19)10-14)18(23)15-11-20-22(13-15)17-8-3-2-4-9-17/h2-11,13H,12H2,1H3. The molecule has 2 aromatic carbocycles. The quantitative estimate of drug-likeness (QED) is 0.742. The van der Waals surface area contributed by atoms with Crippen molar-refractivity contribution in [2.75, 3.05) is 7.05 Å². The van der Waals surface area contributed by atoms with E-state index >= 15 is 0 Å². The lowest BCUT2D eigenvalue weighted by Gasteiger charge is -2.16. The Morgan fingerprint density at radius 2 is 1.96 bits per heavy atom. The number of hydrogen-bond acceptors (Lipinski definition) is 2. The molecule has 4 nitrogen and oxygen atoms in total. The molecule has 0 saturated heterocycles. The van der Waals surface area contributed by atoms with Crippen LogP contribution in [0.5, 0.6) is 0 Å². The number of benzene rings is 2. The van der Waals surface area contributed by atoms with Crippen molar-refractivity contribution in [2.24, 2.45) is 0 Å². The van der Waals surface area contributed by atoms with Crippen molar-refractivity contribution in [1.29, 1.82) is 0 Å². The number of hydrogen-bond donors (Lipinski definition) is 0. The Morgan fingerprint density at radius 1 is 1.17 bits per heavy atom. The van der Waals surface area contributed by atoms with E-state index in [9.17, 15) is 9.18 Å². The van der Waals surface area contributed by atoms with Crippen LogP contribution in [-0.4, -0.2) is 27.6 Å².